The normalized spacial score (nSPS) is 15.3. The Hall–Kier alpha value is -1.70. The van der Waals surface area contributed by atoms with E-state index in [-0.39, 0.29) is 24.0 Å². The van der Waals surface area contributed by atoms with Crippen LogP contribution in [-0.2, 0) is 4.79 Å². The number of carbonyl (C=O) groups excluding carboxylic acids is 1. The maximum absolute atomic E-state index is 12.2. The fourth-order valence-electron chi connectivity index (χ4n) is 3.22. The third-order valence-electron chi connectivity index (χ3n) is 4.86. The van der Waals surface area contributed by atoms with Crippen LogP contribution in [-0.4, -0.2) is 49.0 Å². The van der Waals surface area contributed by atoms with Crippen LogP contribution in [0, 0.1) is 23.0 Å². The summed E-state index contributed by atoms with van der Waals surface area (Å²) in [4.78, 5) is 24.8. The van der Waals surface area contributed by atoms with Gasteiger partial charge in [0.2, 0.25) is 5.91 Å². The van der Waals surface area contributed by atoms with Crippen LogP contribution < -0.4 is 10.6 Å². The molecule has 2 rings (SSSR count). The molecule has 1 aromatic rings. The fourth-order valence-corrected chi connectivity index (χ4v) is 3.22. The van der Waals surface area contributed by atoms with Crippen molar-refractivity contribution >= 4 is 29.7 Å². The molecule has 1 aliphatic rings. The lowest BCUT2D eigenvalue weighted by molar-refractivity contribution is -0.384. The quantitative estimate of drug-likeness (QED) is 0.531. The predicted octanol–water partition coefficient (Wildman–Crippen LogP) is 2.98. The molecule has 0 radical (unpaired) electrons. The Morgan fingerprint density at radius 3 is 2.62 bits per heavy atom. The van der Waals surface area contributed by atoms with E-state index in [4.69, 9.17) is 0 Å². The molecule has 0 aliphatic carbocycles. The van der Waals surface area contributed by atoms with Gasteiger partial charge in [-0.25, -0.2) is 0 Å². The van der Waals surface area contributed by atoms with E-state index in [1.54, 1.807) is 13.0 Å². The molecule has 0 atom stereocenters. The van der Waals surface area contributed by atoms with Gasteiger partial charge in [-0.2, -0.15) is 0 Å². The number of piperidine rings is 1. The van der Waals surface area contributed by atoms with Gasteiger partial charge in [-0.1, -0.05) is 0 Å². The van der Waals surface area contributed by atoms with Crippen molar-refractivity contribution in [3.8, 4) is 0 Å². The zero-order valence-electron chi connectivity index (χ0n) is 15.5. The van der Waals surface area contributed by atoms with Crippen LogP contribution in [0.4, 0.5) is 11.4 Å². The van der Waals surface area contributed by atoms with Gasteiger partial charge in [0.15, 0.2) is 0 Å². The number of halogens is 1. The summed E-state index contributed by atoms with van der Waals surface area (Å²) in [5.41, 5.74) is 1.38. The minimum absolute atomic E-state index is 0. The number of benzene rings is 1. The fraction of sp³-hybridized carbons (Fsp3) is 0.611. The highest BCUT2D eigenvalue weighted by Gasteiger charge is 2.19. The Labute approximate surface area is 161 Å². The molecular weight excluding hydrogens is 356 g/mol. The molecule has 0 unspecified atom stereocenters. The van der Waals surface area contributed by atoms with Crippen molar-refractivity contribution in [1.82, 2.24) is 10.2 Å². The minimum Gasteiger partial charge on any atom is -0.326 e. The molecule has 26 heavy (non-hydrogen) atoms. The maximum Gasteiger partial charge on any atom is 0.269 e. The zero-order valence-corrected chi connectivity index (χ0v) is 16.3. The second-order valence-electron chi connectivity index (χ2n) is 6.73. The topological polar surface area (TPSA) is 87.5 Å². The Morgan fingerprint density at radius 2 is 2.04 bits per heavy atom. The number of hydrogen-bond acceptors (Lipinski definition) is 5. The van der Waals surface area contributed by atoms with Crippen molar-refractivity contribution in [2.45, 2.75) is 32.6 Å². The molecule has 1 aromatic carbocycles. The SMILES string of the molecule is CNCCC1CCN(CCC(=O)Nc2ccc([N+](=O)[O-])cc2C)CC1.Cl. The number of non-ortho nitro benzene ring substituents is 1. The molecule has 1 heterocycles. The summed E-state index contributed by atoms with van der Waals surface area (Å²) in [6, 6.07) is 4.49. The molecule has 8 heteroatoms. The Morgan fingerprint density at radius 1 is 1.35 bits per heavy atom. The Balaban J connectivity index is 0.00000338. The van der Waals surface area contributed by atoms with E-state index in [1.807, 2.05) is 7.05 Å². The van der Waals surface area contributed by atoms with Crippen LogP contribution in [0.15, 0.2) is 18.2 Å². The molecule has 146 valence electrons. The third-order valence-corrected chi connectivity index (χ3v) is 4.86. The predicted molar refractivity (Wildman–Crippen MR) is 106 cm³/mol. The number of anilines is 1. The Bertz CT molecular complexity index is 604. The van der Waals surface area contributed by atoms with E-state index in [0.717, 1.165) is 32.1 Å². The van der Waals surface area contributed by atoms with Gasteiger partial charge in [-0.05, 0) is 70.4 Å². The first-order chi connectivity index (χ1) is 12.0. The highest BCUT2D eigenvalue weighted by Crippen LogP contribution is 2.22. The number of aryl methyl sites for hydroxylation is 1. The molecule has 0 bridgehead atoms. The first kappa shape index (κ1) is 22.3. The van der Waals surface area contributed by atoms with Crippen LogP contribution in [0.5, 0.6) is 0 Å². The molecule has 7 nitrogen and oxygen atoms in total. The monoisotopic (exact) mass is 384 g/mol. The van der Waals surface area contributed by atoms with Crippen LogP contribution in [0.3, 0.4) is 0 Å². The van der Waals surface area contributed by atoms with Crippen molar-refractivity contribution in [3.05, 3.63) is 33.9 Å². The average molecular weight is 385 g/mol. The third kappa shape index (κ3) is 6.90. The highest BCUT2D eigenvalue weighted by molar-refractivity contribution is 5.91. The molecule has 2 N–H and O–H groups in total. The second kappa shape index (κ2) is 11.1. The molecule has 0 spiro atoms. The number of nitrogens with one attached hydrogen (secondary N) is 2. The van der Waals surface area contributed by atoms with Gasteiger partial charge in [0.25, 0.3) is 5.69 Å². The number of rotatable bonds is 8. The lowest BCUT2D eigenvalue weighted by atomic mass is 9.93. The lowest BCUT2D eigenvalue weighted by Crippen LogP contribution is -2.36. The summed E-state index contributed by atoms with van der Waals surface area (Å²) >= 11 is 0. The van der Waals surface area contributed by atoms with Crippen molar-refractivity contribution in [2.24, 2.45) is 5.92 Å². The molecular formula is C18H29ClN4O3. The largest absolute Gasteiger partial charge is 0.326 e. The smallest absolute Gasteiger partial charge is 0.269 e. The first-order valence-electron chi connectivity index (χ1n) is 8.91. The van der Waals surface area contributed by atoms with Gasteiger partial charge in [0.1, 0.15) is 0 Å². The van der Waals surface area contributed by atoms with E-state index >= 15 is 0 Å². The van der Waals surface area contributed by atoms with Crippen molar-refractivity contribution in [3.63, 3.8) is 0 Å². The van der Waals surface area contributed by atoms with E-state index in [0.29, 0.717) is 17.7 Å². The molecule has 1 aliphatic heterocycles. The van der Waals surface area contributed by atoms with Gasteiger partial charge >= 0.3 is 0 Å². The second-order valence-corrected chi connectivity index (χ2v) is 6.73. The van der Waals surface area contributed by atoms with Gasteiger partial charge in [-0.15, -0.1) is 12.4 Å². The highest BCUT2D eigenvalue weighted by atomic mass is 35.5. The summed E-state index contributed by atoms with van der Waals surface area (Å²) < 4.78 is 0. The van der Waals surface area contributed by atoms with E-state index in [2.05, 4.69) is 15.5 Å². The van der Waals surface area contributed by atoms with Crippen molar-refractivity contribution < 1.29 is 9.72 Å². The summed E-state index contributed by atoms with van der Waals surface area (Å²) in [5, 5.41) is 16.8. The molecule has 1 amide bonds. The summed E-state index contributed by atoms with van der Waals surface area (Å²) in [6.45, 7) is 5.70. The number of nitrogens with zero attached hydrogens (tertiary/aromatic N) is 2. The zero-order chi connectivity index (χ0) is 18.2. The number of amides is 1. The standard InChI is InChI=1S/C18H28N4O3.ClH/c1-14-13-16(22(24)25)3-4-17(14)20-18(23)8-12-21-10-6-15(7-11-21)5-9-19-2;/h3-4,13,15,19H,5-12H2,1-2H3,(H,20,23);1H. The van der Waals surface area contributed by atoms with Gasteiger partial charge in [0, 0.05) is 30.8 Å². The molecule has 0 aromatic heterocycles. The van der Waals surface area contributed by atoms with Crippen molar-refractivity contribution in [2.75, 3.05) is 38.5 Å². The average Bonchev–Trinajstić information content (AvgIpc) is 2.60. The van der Waals surface area contributed by atoms with Gasteiger partial charge < -0.3 is 15.5 Å². The van der Waals surface area contributed by atoms with Crippen LogP contribution in [0.25, 0.3) is 0 Å². The number of nitro groups is 1. The summed E-state index contributed by atoms with van der Waals surface area (Å²) in [6.07, 6.45) is 4.07. The summed E-state index contributed by atoms with van der Waals surface area (Å²) in [5.74, 6) is 0.745. The van der Waals surface area contributed by atoms with Gasteiger partial charge in [-0.3, -0.25) is 14.9 Å². The number of carbonyl (C=O) groups is 1. The van der Waals surface area contributed by atoms with Crippen LogP contribution >= 0.6 is 12.4 Å². The molecule has 1 fully saturated rings. The number of likely N-dealkylation sites (tertiary alicyclic amines) is 1. The minimum atomic E-state index is -0.432. The van der Waals surface area contributed by atoms with E-state index < -0.39 is 4.92 Å². The lowest BCUT2D eigenvalue weighted by Gasteiger charge is -2.31. The van der Waals surface area contributed by atoms with Gasteiger partial charge in [0.05, 0.1) is 4.92 Å². The van der Waals surface area contributed by atoms with Crippen LogP contribution in [0.2, 0.25) is 0 Å². The molecule has 0 saturated carbocycles. The van der Waals surface area contributed by atoms with E-state index in [1.165, 1.54) is 31.4 Å². The first-order valence-corrected chi connectivity index (χ1v) is 8.91. The van der Waals surface area contributed by atoms with E-state index in [9.17, 15) is 14.9 Å². The summed E-state index contributed by atoms with van der Waals surface area (Å²) in [7, 11) is 1.99. The maximum atomic E-state index is 12.2. The molecule has 1 saturated heterocycles. The van der Waals surface area contributed by atoms with Crippen molar-refractivity contribution in [1.29, 1.82) is 0 Å². The number of hydrogen-bond donors (Lipinski definition) is 2. The van der Waals surface area contributed by atoms with Crippen LogP contribution in [0.1, 0.15) is 31.2 Å². The Kier molecular flexibility index (Phi) is 9.54. The number of nitro benzene ring substituents is 1.